The van der Waals surface area contributed by atoms with Gasteiger partial charge in [-0.25, -0.2) is 0 Å². The third kappa shape index (κ3) is 3.63. The van der Waals surface area contributed by atoms with Crippen molar-refractivity contribution in [1.29, 1.82) is 0 Å². The monoisotopic (exact) mass is 518 g/mol. The molecule has 3 aromatic carbocycles. The topological polar surface area (TPSA) is 66.5 Å². The summed E-state index contributed by atoms with van der Waals surface area (Å²) in [4.78, 5) is 45.5. The van der Waals surface area contributed by atoms with Crippen molar-refractivity contribution in [2.75, 3.05) is 10.2 Å². The molecule has 39 heavy (non-hydrogen) atoms. The zero-order chi connectivity index (χ0) is 27.5. The molecule has 0 aromatic heterocycles. The summed E-state index contributed by atoms with van der Waals surface area (Å²) in [7, 11) is 0. The number of aryl methyl sites for hydroxylation is 1. The summed E-state index contributed by atoms with van der Waals surface area (Å²) < 4.78 is 0. The van der Waals surface area contributed by atoms with E-state index in [1.807, 2.05) is 106 Å². The molecule has 1 saturated heterocycles. The van der Waals surface area contributed by atoms with E-state index in [1.165, 1.54) is 0 Å². The van der Waals surface area contributed by atoms with Crippen LogP contribution in [0.5, 0.6) is 0 Å². The molecule has 1 amide bonds. The Kier molecular flexibility index (Phi) is 5.87. The highest BCUT2D eigenvalue weighted by atomic mass is 16.2. The number of anilines is 2. The largest absolute Gasteiger partial charge is 0.352 e. The van der Waals surface area contributed by atoms with Gasteiger partial charge in [0.25, 0.3) is 0 Å². The molecule has 6 rings (SSSR count). The third-order valence-electron chi connectivity index (χ3n) is 8.61. The van der Waals surface area contributed by atoms with Crippen molar-refractivity contribution in [3.63, 3.8) is 0 Å². The number of nitrogens with zero attached hydrogens (tertiary/aromatic N) is 1. The van der Waals surface area contributed by atoms with Gasteiger partial charge in [-0.1, -0.05) is 107 Å². The summed E-state index contributed by atoms with van der Waals surface area (Å²) in [6, 6.07) is 21.9. The van der Waals surface area contributed by atoms with Gasteiger partial charge in [0.05, 0.1) is 12.0 Å². The summed E-state index contributed by atoms with van der Waals surface area (Å²) in [5.74, 6) is -1.36. The molecular weight excluding hydrogens is 484 g/mol. The number of hydrogen-bond acceptors (Lipinski definition) is 4. The first-order chi connectivity index (χ1) is 18.7. The van der Waals surface area contributed by atoms with Crippen LogP contribution in [0.2, 0.25) is 0 Å². The molecule has 5 nitrogen and oxygen atoms in total. The Labute approximate surface area is 229 Å². The van der Waals surface area contributed by atoms with E-state index >= 15 is 0 Å². The lowest BCUT2D eigenvalue weighted by Gasteiger charge is -2.38. The molecule has 0 saturated carbocycles. The Morgan fingerprint density at radius 2 is 1.64 bits per heavy atom. The Hall–Kier alpha value is -3.99. The predicted octanol–water partition coefficient (Wildman–Crippen LogP) is 6.23. The zero-order valence-corrected chi connectivity index (χ0v) is 22.9. The number of para-hydroxylation sites is 2. The number of rotatable bonds is 5. The van der Waals surface area contributed by atoms with Crippen LogP contribution < -0.4 is 10.2 Å². The van der Waals surface area contributed by atoms with Crippen LogP contribution in [0.1, 0.15) is 61.2 Å². The second kappa shape index (κ2) is 9.04. The molecule has 4 unspecified atom stereocenters. The molecular formula is C34H34N2O3. The highest BCUT2D eigenvalue weighted by molar-refractivity contribution is 6.17. The van der Waals surface area contributed by atoms with Crippen LogP contribution in [0, 0.1) is 11.3 Å². The maximum Gasteiger partial charge on any atom is 0.238 e. The molecule has 4 atom stereocenters. The zero-order valence-electron chi connectivity index (χ0n) is 22.9. The minimum Gasteiger partial charge on any atom is -0.352 e. The van der Waals surface area contributed by atoms with E-state index < -0.39 is 28.8 Å². The highest BCUT2D eigenvalue weighted by Crippen LogP contribution is 2.58. The minimum absolute atomic E-state index is 0.0485. The number of carbonyl (C=O) groups is 3. The maximum atomic E-state index is 14.7. The second-order valence-corrected chi connectivity index (χ2v) is 12.0. The van der Waals surface area contributed by atoms with Crippen molar-refractivity contribution in [1.82, 2.24) is 0 Å². The molecule has 198 valence electrons. The average molecular weight is 519 g/mol. The number of hydrogen-bond donors (Lipinski definition) is 1. The molecule has 3 aliphatic rings. The number of carbonyl (C=O) groups excluding carboxylic acids is 3. The highest BCUT2D eigenvalue weighted by Gasteiger charge is 2.70. The van der Waals surface area contributed by atoms with E-state index in [-0.39, 0.29) is 17.5 Å². The summed E-state index contributed by atoms with van der Waals surface area (Å²) in [6.45, 7) is 7.81. The quantitative estimate of drug-likeness (QED) is 0.407. The molecule has 3 aliphatic heterocycles. The normalized spacial score (nSPS) is 24.8. The minimum atomic E-state index is -1.26. The van der Waals surface area contributed by atoms with Crippen LogP contribution in [0.3, 0.4) is 0 Å². The first-order valence-corrected chi connectivity index (χ1v) is 13.8. The summed E-state index contributed by atoms with van der Waals surface area (Å²) in [6.07, 6.45) is 5.99. The Bertz CT molecular complexity index is 1510. The lowest BCUT2D eigenvalue weighted by molar-refractivity contribution is -0.128. The van der Waals surface area contributed by atoms with Crippen LogP contribution in [0.4, 0.5) is 11.4 Å². The Balaban J connectivity index is 1.63. The fourth-order valence-electron chi connectivity index (χ4n) is 6.87. The average Bonchev–Trinajstić information content (AvgIpc) is 3.40. The molecule has 3 heterocycles. The Morgan fingerprint density at radius 1 is 0.949 bits per heavy atom. The molecule has 0 radical (unpaired) electrons. The van der Waals surface area contributed by atoms with E-state index in [1.54, 1.807) is 0 Å². The number of amides is 1. The Morgan fingerprint density at radius 3 is 2.36 bits per heavy atom. The van der Waals surface area contributed by atoms with Gasteiger partial charge >= 0.3 is 0 Å². The van der Waals surface area contributed by atoms with E-state index in [0.29, 0.717) is 11.3 Å². The SMILES string of the molecule is CCCc1ccc(C(=O)C2C(C(=O)C(C)(C)C)N3c4ccccc4C=CC3C23C(=O)Nc2ccccc23)cc1. The van der Waals surface area contributed by atoms with Crippen LogP contribution in [0.25, 0.3) is 6.08 Å². The number of benzene rings is 3. The van der Waals surface area contributed by atoms with Crippen LogP contribution in [0.15, 0.2) is 78.9 Å². The van der Waals surface area contributed by atoms with Gasteiger partial charge in [-0.3, -0.25) is 14.4 Å². The standard InChI is InChI=1S/C34H34N2O3/c1-5-10-21-15-17-23(18-16-21)30(37)28-29(31(38)33(2,3)4)36-26-14-9-6-11-22(26)19-20-27(36)34(28)24-12-7-8-13-25(24)35-32(34)39/h6-9,11-20,27-29H,5,10H2,1-4H3,(H,35,39). The number of Topliss-reactive ketones (excluding diaryl/α,β-unsaturated/α-hetero) is 2. The van der Waals surface area contributed by atoms with E-state index in [4.69, 9.17) is 0 Å². The van der Waals surface area contributed by atoms with E-state index in [9.17, 15) is 14.4 Å². The number of ketones is 2. The van der Waals surface area contributed by atoms with Crippen molar-refractivity contribution in [3.05, 3.63) is 101 Å². The lowest BCUT2D eigenvalue weighted by Crippen LogP contribution is -2.51. The summed E-state index contributed by atoms with van der Waals surface area (Å²) in [5.41, 5.74) is 3.03. The number of nitrogens with one attached hydrogen (secondary N) is 1. The first kappa shape index (κ1) is 25.3. The van der Waals surface area contributed by atoms with Crippen LogP contribution in [-0.2, 0) is 21.4 Å². The van der Waals surface area contributed by atoms with Gasteiger partial charge in [-0.2, -0.15) is 0 Å². The lowest BCUT2D eigenvalue weighted by atomic mass is 9.63. The predicted molar refractivity (Wildman–Crippen MR) is 155 cm³/mol. The molecule has 5 heteroatoms. The van der Waals surface area contributed by atoms with Crippen LogP contribution in [-0.4, -0.2) is 29.6 Å². The molecule has 1 N–H and O–H groups in total. The smallest absolute Gasteiger partial charge is 0.238 e. The van der Waals surface area contributed by atoms with Gasteiger partial charge in [-0.05, 0) is 35.2 Å². The molecule has 1 spiro atoms. The van der Waals surface area contributed by atoms with Crippen LogP contribution >= 0.6 is 0 Å². The third-order valence-corrected chi connectivity index (χ3v) is 8.61. The van der Waals surface area contributed by atoms with Gasteiger partial charge in [0.15, 0.2) is 11.6 Å². The van der Waals surface area contributed by atoms with Gasteiger partial charge in [0, 0.05) is 22.4 Å². The maximum absolute atomic E-state index is 14.7. The van der Waals surface area contributed by atoms with Gasteiger partial charge in [0.2, 0.25) is 5.91 Å². The first-order valence-electron chi connectivity index (χ1n) is 13.8. The molecule has 1 fully saturated rings. The summed E-state index contributed by atoms with van der Waals surface area (Å²) >= 11 is 0. The van der Waals surface area contributed by atoms with Crippen molar-refractivity contribution in [2.45, 2.75) is 58.0 Å². The van der Waals surface area contributed by atoms with E-state index in [0.717, 1.165) is 35.2 Å². The van der Waals surface area contributed by atoms with Gasteiger partial charge in [0.1, 0.15) is 11.5 Å². The van der Waals surface area contributed by atoms with Gasteiger partial charge < -0.3 is 10.2 Å². The second-order valence-electron chi connectivity index (χ2n) is 12.0. The van der Waals surface area contributed by atoms with Crippen molar-refractivity contribution < 1.29 is 14.4 Å². The molecule has 3 aromatic rings. The van der Waals surface area contributed by atoms with E-state index in [2.05, 4.69) is 17.1 Å². The number of fused-ring (bicyclic) bond motifs is 6. The van der Waals surface area contributed by atoms with Crippen molar-refractivity contribution in [2.24, 2.45) is 11.3 Å². The van der Waals surface area contributed by atoms with Crippen molar-refractivity contribution in [3.8, 4) is 0 Å². The van der Waals surface area contributed by atoms with Crippen molar-refractivity contribution >= 4 is 34.9 Å². The van der Waals surface area contributed by atoms with Gasteiger partial charge in [-0.15, -0.1) is 0 Å². The summed E-state index contributed by atoms with van der Waals surface area (Å²) in [5, 5.41) is 3.08. The fourth-order valence-corrected chi connectivity index (χ4v) is 6.87. The molecule has 0 aliphatic carbocycles. The fraction of sp³-hybridized carbons (Fsp3) is 0.324. The molecule has 0 bridgehead atoms.